The number of carbonyl (C=O) groups is 1. The second-order valence-electron chi connectivity index (χ2n) is 12.8. The number of benzene rings is 3. The van der Waals surface area contributed by atoms with Crippen molar-refractivity contribution in [2.24, 2.45) is 0 Å². The highest BCUT2D eigenvalue weighted by molar-refractivity contribution is 5.88. The molecular formula is C37H38O19. The van der Waals surface area contributed by atoms with Gasteiger partial charge in [0.1, 0.15) is 77.6 Å². The zero-order chi connectivity index (χ0) is 40.4. The molecule has 19 nitrogen and oxygen atoms in total. The van der Waals surface area contributed by atoms with Crippen molar-refractivity contribution in [2.45, 2.75) is 61.4 Å². The van der Waals surface area contributed by atoms with E-state index in [1.165, 1.54) is 55.7 Å². The first-order chi connectivity index (χ1) is 26.7. The summed E-state index contributed by atoms with van der Waals surface area (Å²) in [4.78, 5) is 26.5. The second-order valence-corrected chi connectivity index (χ2v) is 12.8. The minimum Gasteiger partial charge on any atom is -0.508 e. The standard InChI is InChI=1S/C37H38O19/c1-50-21-10-15(2-8-19(21)41)3-9-25(43)51-14-24-28(45)30(47)32(49)36(54-24)56-35-31(48)27(44)23(13-38)53-37(35)55-34-29(46)26-20(42)11-18(40)12-22(26)52-33(34)16-4-6-17(39)7-5-16/h2-12,23-24,27-28,30-32,35-42,44-45,47-49H,13-14H2,1H3/b9-3+/t23-,24+,27-,28+,30-,31-,32+,35+,36-,37-/m0/s1. The molecule has 2 fully saturated rings. The van der Waals surface area contributed by atoms with Crippen molar-refractivity contribution >= 4 is 23.0 Å². The molecule has 0 bridgehead atoms. The van der Waals surface area contributed by atoms with E-state index in [4.69, 9.17) is 32.8 Å². The van der Waals surface area contributed by atoms with E-state index in [0.717, 1.165) is 18.2 Å². The van der Waals surface area contributed by atoms with Gasteiger partial charge >= 0.3 is 5.97 Å². The van der Waals surface area contributed by atoms with Crippen molar-refractivity contribution in [1.29, 1.82) is 0 Å². The van der Waals surface area contributed by atoms with E-state index >= 15 is 0 Å². The molecule has 0 aliphatic carbocycles. The van der Waals surface area contributed by atoms with Crippen LogP contribution in [0.15, 0.2) is 69.9 Å². The summed E-state index contributed by atoms with van der Waals surface area (Å²) in [6, 6.07) is 11.4. The zero-order valence-electron chi connectivity index (χ0n) is 29.2. The average molecular weight is 787 g/mol. The van der Waals surface area contributed by atoms with E-state index in [1.54, 1.807) is 0 Å². The average Bonchev–Trinajstić information content (AvgIpc) is 3.17. The summed E-state index contributed by atoms with van der Waals surface area (Å²) >= 11 is 0. The quantitative estimate of drug-likeness (QED) is 0.0680. The normalized spacial score (nSPS) is 28.0. The van der Waals surface area contributed by atoms with Crippen LogP contribution >= 0.6 is 0 Å². The molecule has 19 heteroatoms. The van der Waals surface area contributed by atoms with Crippen molar-refractivity contribution in [2.75, 3.05) is 20.3 Å². The molecule has 3 aromatic carbocycles. The number of phenolic OH excluding ortho intramolecular Hbond substituents is 4. The Morgan fingerprint density at radius 1 is 0.786 bits per heavy atom. The van der Waals surface area contributed by atoms with Crippen LogP contribution < -0.4 is 14.9 Å². The third-order valence-electron chi connectivity index (χ3n) is 9.07. The fraction of sp³-hybridized carbons (Fsp3) is 0.351. The molecule has 3 heterocycles. The molecule has 2 aliphatic heterocycles. The number of methoxy groups -OCH3 is 1. The van der Waals surface area contributed by atoms with Crippen LogP contribution in [0.4, 0.5) is 0 Å². The van der Waals surface area contributed by atoms with Gasteiger partial charge < -0.3 is 83.9 Å². The lowest BCUT2D eigenvalue weighted by molar-refractivity contribution is -0.358. The number of fused-ring (bicyclic) bond motifs is 1. The van der Waals surface area contributed by atoms with E-state index in [9.17, 15) is 60.7 Å². The van der Waals surface area contributed by atoms with Crippen molar-refractivity contribution in [3.05, 3.63) is 76.5 Å². The van der Waals surface area contributed by atoms with Gasteiger partial charge in [-0.25, -0.2) is 4.79 Å². The van der Waals surface area contributed by atoms with Crippen LogP contribution in [0.2, 0.25) is 0 Å². The van der Waals surface area contributed by atoms with Gasteiger partial charge in [-0.05, 0) is 48.0 Å². The molecule has 56 heavy (non-hydrogen) atoms. The Hall–Kier alpha value is -5.48. The number of hydrogen-bond donors (Lipinski definition) is 10. The molecule has 10 N–H and O–H groups in total. The van der Waals surface area contributed by atoms with Crippen LogP contribution in [0.1, 0.15) is 5.56 Å². The van der Waals surface area contributed by atoms with Gasteiger partial charge in [0, 0.05) is 23.8 Å². The third-order valence-corrected chi connectivity index (χ3v) is 9.07. The molecule has 4 aromatic rings. The smallest absolute Gasteiger partial charge is 0.330 e. The number of aromatic hydroxyl groups is 4. The number of hydrogen-bond acceptors (Lipinski definition) is 19. The number of phenols is 4. The largest absolute Gasteiger partial charge is 0.508 e. The molecule has 6 rings (SSSR count). The van der Waals surface area contributed by atoms with E-state index in [1.807, 2.05) is 0 Å². The van der Waals surface area contributed by atoms with Crippen molar-refractivity contribution in [3.63, 3.8) is 0 Å². The molecule has 2 aliphatic rings. The van der Waals surface area contributed by atoms with Gasteiger partial charge in [-0.3, -0.25) is 4.79 Å². The lowest BCUT2D eigenvalue weighted by Crippen LogP contribution is -2.65. The molecule has 0 spiro atoms. The number of carbonyl (C=O) groups excluding carboxylic acids is 1. The van der Waals surface area contributed by atoms with Crippen molar-refractivity contribution in [3.8, 4) is 45.8 Å². The fourth-order valence-electron chi connectivity index (χ4n) is 6.09. The van der Waals surface area contributed by atoms with Crippen LogP contribution in [0.3, 0.4) is 0 Å². The highest BCUT2D eigenvalue weighted by Gasteiger charge is 2.52. The van der Waals surface area contributed by atoms with E-state index < -0.39 is 109 Å². The Morgan fingerprint density at radius 3 is 2.18 bits per heavy atom. The van der Waals surface area contributed by atoms with Crippen LogP contribution in [0, 0.1) is 0 Å². The molecular weight excluding hydrogens is 748 g/mol. The summed E-state index contributed by atoms with van der Waals surface area (Å²) in [5.41, 5.74) is -0.715. The molecule has 0 amide bonds. The zero-order valence-corrected chi connectivity index (χ0v) is 29.2. The summed E-state index contributed by atoms with van der Waals surface area (Å²) in [7, 11) is 1.34. The van der Waals surface area contributed by atoms with E-state index in [-0.39, 0.29) is 34.2 Å². The van der Waals surface area contributed by atoms with Crippen molar-refractivity contribution < 1.29 is 88.7 Å². The molecule has 300 valence electrons. The molecule has 0 saturated carbocycles. The SMILES string of the molecule is COc1cc(/C=C/C(=O)OC[C@H]2O[C@@H](O[C@H]3[C@H](Oc4c(-c5ccc(O)cc5)oc5cc(O)cc(O)c5c4=O)O[C@@H](CO)[C@H](O)[C@@H]3O)[C@H](O)[C@@H](O)[C@@H]2O)ccc1O. The summed E-state index contributed by atoms with van der Waals surface area (Å²) in [5, 5.41) is 104. The summed E-state index contributed by atoms with van der Waals surface area (Å²) in [6.07, 6.45) is -16.3. The Kier molecular flexibility index (Phi) is 12.0. The Morgan fingerprint density at radius 2 is 1.48 bits per heavy atom. The van der Waals surface area contributed by atoms with Gasteiger partial charge in [-0.2, -0.15) is 0 Å². The summed E-state index contributed by atoms with van der Waals surface area (Å²) in [6.45, 7) is -1.57. The Labute approximate surface area is 315 Å². The monoisotopic (exact) mass is 786 g/mol. The van der Waals surface area contributed by atoms with Crippen LogP contribution in [-0.4, -0.2) is 139 Å². The summed E-state index contributed by atoms with van der Waals surface area (Å²) < 4.78 is 39.2. The first-order valence-corrected chi connectivity index (χ1v) is 16.9. The lowest BCUT2D eigenvalue weighted by Gasteiger charge is -2.45. The predicted octanol–water partition coefficient (Wildman–Crippen LogP) is -0.442. The van der Waals surface area contributed by atoms with E-state index in [2.05, 4.69) is 0 Å². The number of aliphatic hydroxyl groups excluding tert-OH is 6. The van der Waals surface area contributed by atoms with Crippen LogP contribution in [-0.2, 0) is 23.7 Å². The maximum atomic E-state index is 13.9. The molecule has 0 unspecified atom stereocenters. The van der Waals surface area contributed by atoms with Gasteiger partial charge in [-0.1, -0.05) is 6.07 Å². The topological polar surface area (TPSA) is 305 Å². The second kappa shape index (κ2) is 16.7. The maximum absolute atomic E-state index is 13.9. The first-order valence-electron chi connectivity index (χ1n) is 16.9. The number of ether oxygens (including phenoxy) is 6. The summed E-state index contributed by atoms with van der Waals surface area (Å²) in [5.74, 6) is -3.21. The Balaban J connectivity index is 1.27. The molecule has 1 aromatic heterocycles. The number of rotatable bonds is 11. The van der Waals surface area contributed by atoms with Gasteiger partial charge in [0.2, 0.25) is 17.5 Å². The van der Waals surface area contributed by atoms with Gasteiger partial charge in [-0.15, -0.1) is 0 Å². The van der Waals surface area contributed by atoms with Crippen molar-refractivity contribution in [1.82, 2.24) is 0 Å². The lowest BCUT2D eigenvalue weighted by atomic mass is 9.97. The highest BCUT2D eigenvalue weighted by Crippen LogP contribution is 2.38. The first kappa shape index (κ1) is 40.2. The van der Waals surface area contributed by atoms with E-state index in [0.29, 0.717) is 5.56 Å². The number of aliphatic hydroxyl groups is 6. The predicted molar refractivity (Wildman–Crippen MR) is 188 cm³/mol. The minimum absolute atomic E-state index is 0.124. The van der Waals surface area contributed by atoms with Crippen LogP contribution in [0.5, 0.6) is 34.5 Å². The van der Waals surface area contributed by atoms with Crippen LogP contribution in [0.25, 0.3) is 28.4 Å². The maximum Gasteiger partial charge on any atom is 0.330 e. The highest BCUT2D eigenvalue weighted by atomic mass is 16.8. The molecule has 0 radical (unpaired) electrons. The molecule has 10 atom stereocenters. The molecule has 2 saturated heterocycles. The fourth-order valence-corrected chi connectivity index (χ4v) is 6.09. The number of esters is 1. The van der Waals surface area contributed by atoms with Gasteiger partial charge in [0.25, 0.3) is 0 Å². The third kappa shape index (κ3) is 8.21. The van der Waals surface area contributed by atoms with Gasteiger partial charge in [0.05, 0.1) is 13.7 Å². The minimum atomic E-state index is -2.04. The Bertz CT molecular complexity index is 2120. The van der Waals surface area contributed by atoms with Gasteiger partial charge in [0.15, 0.2) is 29.7 Å².